The van der Waals surface area contributed by atoms with Crippen LogP contribution in [0.3, 0.4) is 0 Å². The molecule has 1 atom stereocenters. The third-order valence-corrected chi connectivity index (χ3v) is 5.31. The first-order valence-electron chi connectivity index (χ1n) is 11.7. The van der Waals surface area contributed by atoms with Gasteiger partial charge in [-0.05, 0) is 24.1 Å². The summed E-state index contributed by atoms with van der Waals surface area (Å²) >= 11 is 0. The molecule has 1 amide bonds. The van der Waals surface area contributed by atoms with Crippen molar-refractivity contribution in [2.75, 3.05) is 13.2 Å². The van der Waals surface area contributed by atoms with Crippen LogP contribution < -0.4 is 5.32 Å². The zero-order chi connectivity index (χ0) is 22.7. The minimum atomic E-state index is -0.868. The van der Waals surface area contributed by atoms with Crippen molar-refractivity contribution in [3.63, 3.8) is 0 Å². The van der Waals surface area contributed by atoms with Crippen LogP contribution in [0.5, 0.6) is 0 Å². The van der Waals surface area contributed by atoms with Crippen LogP contribution in [0.15, 0.2) is 29.3 Å². The van der Waals surface area contributed by atoms with E-state index >= 15 is 0 Å². The summed E-state index contributed by atoms with van der Waals surface area (Å²) < 4.78 is 0. The Morgan fingerprint density at radius 1 is 1.00 bits per heavy atom. The summed E-state index contributed by atoms with van der Waals surface area (Å²) in [6, 6.07) is 5.00. The molecular weight excluding hydrogens is 394 g/mol. The van der Waals surface area contributed by atoms with Crippen LogP contribution in [-0.4, -0.2) is 41.3 Å². The molecule has 174 valence electrons. The monoisotopic (exact) mass is 433 g/mol. The molecule has 0 spiro atoms. The minimum Gasteiger partial charge on any atom is -0.394 e. The number of unbranched alkanes of at least 4 members (excludes halogenated alkanes) is 11. The molecule has 0 aliphatic carbocycles. The molecule has 0 saturated heterocycles. The summed E-state index contributed by atoms with van der Waals surface area (Å²) in [6.45, 7) is 2.45. The van der Waals surface area contributed by atoms with Gasteiger partial charge in [0.25, 0.3) is 5.69 Å². The van der Waals surface area contributed by atoms with Crippen LogP contribution in [0.25, 0.3) is 0 Å². The molecule has 0 unspecified atom stereocenters. The Morgan fingerprint density at radius 2 is 1.52 bits per heavy atom. The topological polar surface area (TPSA) is 105 Å². The summed E-state index contributed by atoms with van der Waals surface area (Å²) in [7, 11) is 0. The van der Waals surface area contributed by atoms with Gasteiger partial charge in [-0.25, -0.2) is 0 Å². The Hall–Kier alpha value is -2.28. The van der Waals surface area contributed by atoms with E-state index in [1.807, 2.05) is 0 Å². The van der Waals surface area contributed by atoms with Gasteiger partial charge in [-0.1, -0.05) is 77.6 Å². The van der Waals surface area contributed by atoms with Gasteiger partial charge in [0.2, 0.25) is 5.91 Å². The average molecular weight is 434 g/mol. The molecule has 1 rings (SSSR count). The van der Waals surface area contributed by atoms with Crippen LogP contribution in [0.2, 0.25) is 0 Å². The first-order chi connectivity index (χ1) is 15.1. The minimum absolute atomic E-state index is 0.00369. The number of nitrogens with one attached hydrogen (secondary N) is 1. The number of nitro groups is 1. The van der Waals surface area contributed by atoms with Crippen molar-refractivity contribution in [3.05, 3.63) is 39.9 Å². The second-order valence-corrected chi connectivity index (χ2v) is 8.01. The number of hydrogen-bond acceptors (Lipinski definition) is 5. The Labute approximate surface area is 186 Å². The highest BCUT2D eigenvalue weighted by Gasteiger charge is 2.14. The zero-order valence-electron chi connectivity index (χ0n) is 18.9. The molecule has 0 aliphatic rings. The predicted molar refractivity (Wildman–Crippen MR) is 126 cm³/mol. The Morgan fingerprint density at radius 3 is 2.00 bits per heavy atom. The number of aliphatic imine (C=N–C) groups is 1. The van der Waals surface area contributed by atoms with Crippen LogP contribution in [0.4, 0.5) is 5.69 Å². The van der Waals surface area contributed by atoms with Gasteiger partial charge in [-0.15, -0.1) is 0 Å². The van der Waals surface area contributed by atoms with E-state index in [9.17, 15) is 20.0 Å². The standard InChI is InChI=1S/C24H39N3O4/c1-2-3-4-5-6-7-8-9-10-11-12-13-18-25-24(29)23(20-28)26-19-21-14-16-22(17-15-21)27(30)31/h14-17,19,23,28H,2-13,18,20H2,1H3,(H,25,29)/t23-/m0/s1. The molecule has 0 fully saturated rings. The lowest BCUT2D eigenvalue weighted by Crippen LogP contribution is -2.36. The van der Waals surface area contributed by atoms with Crippen molar-refractivity contribution in [1.29, 1.82) is 0 Å². The molecule has 1 aromatic rings. The lowest BCUT2D eigenvalue weighted by atomic mass is 10.1. The summed E-state index contributed by atoms with van der Waals surface area (Å²) in [5, 5.41) is 22.9. The van der Waals surface area contributed by atoms with Gasteiger partial charge in [-0.2, -0.15) is 0 Å². The van der Waals surface area contributed by atoms with Crippen LogP contribution in [0.1, 0.15) is 89.5 Å². The Balaban J connectivity index is 2.11. The molecule has 0 aliphatic heterocycles. The predicted octanol–water partition coefficient (Wildman–Crippen LogP) is 5.19. The van der Waals surface area contributed by atoms with Gasteiger partial charge in [0, 0.05) is 24.9 Å². The van der Waals surface area contributed by atoms with E-state index in [0.717, 1.165) is 12.8 Å². The van der Waals surface area contributed by atoms with Crippen LogP contribution in [0, 0.1) is 10.1 Å². The molecule has 31 heavy (non-hydrogen) atoms. The first kappa shape index (κ1) is 26.8. The number of carbonyl (C=O) groups is 1. The molecule has 0 saturated carbocycles. The highest BCUT2D eigenvalue weighted by atomic mass is 16.6. The third kappa shape index (κ3) is 12.9. The second kappa shape index (κ2) is 17.4. The molecule has 0 bridgehead atoms. The third-order valence-electron chi connectivity index (χ3n) is 5.31. The number of aliphatic hydroxyl groups is 1. The smallest absolute Gasteiger partial charge is 0.269 e. The largest absolute Gasteiger partial charge is 0.394 e. The molecule has 0 heterocycles. The fourth-order valence-corrected chi connectivity index (χ4v) is 3.35. The number of amides is 1. The quantitative estimate of drug-likeness (QED) is 0.144. The molecule has 7 heteroatoms. The highest BCUT2D eigenvalue weighted by Crippen LogP contribution is 2.12. The van der Waals surface area contributed by atoms with Gasteiger partial charge < -0.3 is 10.4 Å². The van der Waals surface area contributed by atoms with Crippen LogP contribution >= 0.6 is 0 Å². The normalized spacial score (nSPS) is 12.2. The fourth-order valence-electron chi connectivity index (χ4n) is 3.35. The van der Waals surface area contributed by atoms with Crippen molar-refractivity contribution in [3.8, 4) is 0 Å². The first-order valence-corrected chi connectivity index (χ1v) is 11.7. The zero-order valence-corrected chi connectivity index (χ0v) is 18.9. The van der Waals surface area contributed by atoms with E-state index in [1.165, 1.54) is 82.6 Å². The lowest BCUT2D eigenvalue weighted by Gasteiger charge is -2.10. The number of nitrogens with zero attached hydrogens (tertiary/aromatic N) is 2. The summed E-state index contributed by atoms with van der Waals surface area (Å²) in [6.07, 6.45) is 16.7. The van der Waals surface area contributed by atoms with E-state index in [1.54, 1.807) is 12.1 Å². The number of nitro benzene ring substituents is 1. The van der Waals surface area contributed by atoms with E-state index in [0.29, 0.717) is 12.1 Å². The van der Waals surface area contributed by atoms with Crippen molar-refractivity contribution in [1.82, 2.24) is 5.32 Å². The van der Waals surface area contributed by atoms with E-state index in [-0.39, 0.29) is 18.2 Å². The number of benzene rings is 1. The molecule has 1 aromatic carbocycles. The van der Waals surface area contributed by atoms with Crippen LogP contribution in [-0.2, 0) is 4.79 Å². The number of hydrogen-bond donors (Lipinski definition) is 2. The molecule has 0 radical (unpaired) electrons. The number of non-ortho nitro benzene ring substituents is 1. The van der Waals surface area contributed by atoms with Gasteiger partial charge in [0.1, 0.15) is 0 Å². The van der Waals surface area contributed by atoms with Gasteiger partial charge >= 0.3 is 0 Å². The average Bonchev–Trinajstić information content (AvgIpc) is 2.77. The maximum atomic E-state index is 12.2. The maximum absolute atomic E-state index is 12.2. The summed E-state index contributed by atoms with van der Waals surface area (Å²) in [5.74, 6) is -0.302. The van der Waals surface area contributed by atoms with Crippen molar-refractivity contribution >= 4 is 17.8 Å². The van der Waals surface area contributed by atoms with Gasteiger partial charge in [-0.3, -0.25) is 19.9 Å². The van der Waals surface area contributed by atoms with Gasteiger partial charge in [0.15, 0.2) is 6.04 Å². The Kier molecular flexibility index (Phi) is 15.0. The number of aliphatic hydroxyl groups excluding tert-OH is 1. The summed E-state index contributed by atoms with van der Waals surface area (Å²) in [4.78, 5) is 26.5. The molecule has 2 N–H and O–H groups in total. The summed E-state index contributed by atoms with van der Waals surface area (Å²) in [5.41, 5.74) is 0.633. The molecular formula is C24H39N3O4. The lowest BCUT2D eigenvalue weighted by molar-refractivity contribution is -0.384. The Bertz CT molecular complexity index is 647. The van der Waals surface area contributed by atoms with Crippen molar-refractivity contribution in [2.45, 2.75) is 90.0 Å². The maximum Gasteiger partial charge on any atom is 0.269 e. The van der Waals surface area contributed by atoms with E-state index in [2.05, 4.69) is 17.2 Å². The van der Waals surface area contributed by atoms with E-state index < -0.39 is 11.0 Å². The van der Waals surface area contributed by atoms with Gasteiger partial charge in [0.05, 0.1) is 11.5 Å². The van der Waals surface area contributed by atoms with E-state index in [4.69, 9.17) is 0 Å². The SMILES string of the molecule is CCCCCCCCCCCCCCNC(=O)[C@H](CO)N=Cc1ccc([N+](=O)[O-])cc1. The van der Waals surface area contributed by atoms with Crippen molar-refractivity contribution < 1.29 is 14.8 Å². The molecule has 0 aromatic heterocycles. The second-order valence-electron chi connectivity index (χ2n) is 8.01. The number of carbonyl (C=O) groups excluding carboxylic acids is 1. The fraction of sp³-hybridized carbons (Fsp3) is 0.667. The molecule has 7 nitrogen and oxygen atoms in total. The number of rotatable bonds is 18. The van der Waals surface area contributed by atoms with Crippen molar-refractivity contribution in [2.24, 2.45) is 4.99 Å². The highest BCUT2D eigenvalue weighted by molar-refractivity contribution is 5.86.